The zero-order valence-electron chi connectivity index (χ0n) is 12.9. The highest BCUT2D eigenvalue weighted by Gasteiger charge is 2.17. The van der Waals surface area contributed by atoms with Crippen molar-refractivity contribution in [2.24, 2.45) is 0 Å². The smallest absolute Gasteiger partial charge is 0.321 e. The maximum Gasteiger partial charge on any atom is 0.321 e. The lowest BCUT2D eigenvalue weighted by Crippen LogP contribution is -2.38. The standard InChI is InChI=1S/C17H26N2O2/c1-2-3-11-19(12-13-20)17(21)18-16-10-6-8-14-7-4-5-9-15(14)16/h6,8,10,20H,2-5,7,9,11-13H2,1H3,(H,18,21). The first-order valence-electron chi connectivity index (χ1n) is 8.03. The zero-order chi connectivity index (χ0) is 15.1. The Labute approximate surface area is 127 Å². The highest BCUT2D eigenvalue weighted by Crippen LogP contribution is 2.28. The maximum absolute atomic E-state index is 12.4. The van der Waals surface area contributed by atoms with Crippen molar-refractivity contribution in [2.75, 3.05) is 25.0 Å². The second kappa shape index (κ2) is 8.03. The number of carbonyl (C=O) groups is 1. The molecule has 116 valence electrons. The quantitative estimate of drug-likeness (QED) is 0.845. The minimum absolute atomic E-state index is 0.00400. The van der Waals surface area contributed by atoms with Crippen LogP contribution >= 0.6 is 0 Å². The van der Waals surface area contributed by atoms with E-state index in [1.54, 1.807) is 4.90 Å². The van der Waals surface area contributed by atoms with Gasteiger partial charge in [-0.2, -0.15) is 0 Å². The maximum atomic E-state index is 12.4. The van der Waals surface area contributed by atoms with E-state index in [9.17, 15) is 4.79 Å². The van der Waals surface area contributed by atoms with Crippen molar-refractivity contribution in [1.29, 1.82) is 0 Å². The number of aryl methyl sites for hydroxylation is 1. The van der Waals surface area contributed by atoms with Gasteiger partial charge in [-0.15, -0.1) is 0 Å². The van der Waals surface area contributed by atoms with Crippen LogP contribution < -0.4 is 5.32 Å². The molecule has 2 amide bonds. The molecule has 0 bridgehead atoms. The number of aliphatic hydroxyl groups excluding tert-OH is 1. The molecule has 2 rings (SSSR count). The number of hydrogen-bond donors (Lipinski definition) is 2. The summed E-state index contributed by atoms with van der Waals surface area (Å²) < 4.78 is 0. The number of rotatable bonds is 6. The largest absolute Gasteiger partial charge is 0.395 e. The Bertz CT molecular complexity index is 474. The lowest BCUT2D eigenvalue weighted by Gasteiger charge is -2.24. The molecule has 0 spiro atoms. The number of nitrogens with zero attached hydrogens (tertiary/aromatic N) is 1. The number of unbranched alkanes of at least 4 members (excludes halogenated alkanes) is 1. The van der Waals surface area contributed by atoms with Gasteiger partial charge < -0.3 is 15.3 Å². The van der Waals surface area contributed by atoms with E-state index in [0.29, 0.717) is 13.1 Å². The first-order valence-corrected chi connectivity index (χ1v) is 8.03. The lowest BCUT2D eigenvalue weighted by atomic mass is 9.90. The summed E-state index contributed by atoms with van der Waals surface area (Å²) in [6.45, 7) is 3.19. The Balaban J connectivity index is 2.07. The topological polar surface area (TPSA) is 52.6 Å². The van der Waals surface area contributed by atoms with Gasteiger partial charge in [0.1, 0.15) is 0 Å². The van der Waals surface area contributed by atoms with E-state index in [0.717, 1.165) is 31.4 Å². The van der Waals surface area contributed by atoms with Crippen LogP contribution in [-0.4, -0.2) is 35.7 Å². The normalized spacial score (nSPS) is 13.6. The molecule has 0 saturated carbocycles. The molecular weight excluding hydrogens is 264 g/mol. The van der Waals surface area contributed by atoms with Gasteiger partial charge in [0.25, 0.3) is 0 Å². The third-order valence-corrected chi connectivity index (χ3v) is 4.08. The molecule has 1 aliphatic rings. The number of aliphatic hydroxyl groups is 1. The summed E-state index contributed by atoms with van der Waals surface area (Å²) in [5.41, 5.74) is 3.59. The molecule has 0 radical (unpaired) electrons. The SMILES string of the molecule is CCCCN(CCO)C(=O)Nc1cccc2c1CCCC2. The van der Waals surface area contributed by atoms with E-state index in [4.69, 9.17) is 5.11 Å². The predicted octanol–water partition coefficient (Wildman–Crippen LogP) is 3.19. The molecule has 0 aliphatic heterocycles. The number of carbonyl (C=O) groups excluding carboxylic acids is 1. The van der Waals surface area contributed by atoms with Gasteiger partial charge in [0.2, 0.25) is 0 Å². The molecule has 4 heteroatoms. The van der Waals surface area contributed by atoms with Crippen molar-refractivity contribution < 1.29 is 9.90 Å². The van der Waals surface area contributed by atoms with E-state index < -0.39 is 0 Å². The molecule has 0 heterocycles. The number of amides is 2. The number of hydrogen-bond acceptors (Lipinski definition) is 2. The molecule has 0 unspecified atom stereocenters. The summed E-state index contributed by atoms with van der Waals surface area (Å²) in [4.78, 5) is 14.1. The Morgan fingerprint density at radius 1 is 1.29 bits per heavy atom. The van der Waals surface area contributed by atoms with E-state index in [1.807, 2.05) is 12.1 Å². The van der Waals surface area contributed by atoms with Crippen LogP contribution in [0, 0.1) is 0 Å². The third kappa shape index (κ3) is 4.21. The highest BCUT2D eigenvalue weighted by molar-refractivity contribution is 5.90. The molecule has 0 aromatic heterocycles. The zero-order valence-corrected chi connectivity index (χ0v) is 12.9. The highest BCUT2D eigenvalue weighted by atomic mass is 16.3. The average molecular weight is 290 g/mol. The van der Waals surface area contributed by atoms with E-state index in [2.05, 4.69) is 18.3 Å². The van der Waals surface area contributed by atoms with Crippen LogP contribution in [0.2, 0.25) is 0 Å². The van der Waals surface area contributed by atoms with Crippen LogP contribution in [0.3, 0.4) is 0 Å². The second-order valence-corrected chi connectivity index (χ2v) is 5.64. The number of benzene rings is 1. The second-order valence-electron chi connectivity index (χ2n) is 5.64. The van der Waals surface area contributed by atoms with Crippen LogP contribution in [0.15, 0.2) is 18.2 Å². The number of anilines is 1. The molecule has 0 saturated heterocycles. The molecule has 1 aromatic rings. The van der Waals surface area contributed by atoms with Gasteiger partial charge in [0, 0.05) is 18.8 Å². The summed E-state index contributed by atoms with van der Waals surface area (Å²) in [6.07, 6.45) is 6.57. The van der Waals surface area contributed by atoms with Gasteiger partial charge in [0.15, 0.2) is 0 Å². The lowest BCUT2D eigenvalue weighted by molar-refractivity contribution is 0.187. The summed E-state index contributed by atoms with van der Waals surface area (Å²) in [5.74, 6) is 0. The minimum atomic E-state index is -0.100. The monoisotopic (exact) mass is 290 g/mol. The summed E-state index contributed by atoms with van der Waals surface area (Å²) in [5, 5.41) is 12.2. The average Bonchev–Trinajstić information content (AvgIpc) is 2.51. The van der Waals surface area contributed by atoms with E-state index in [-0.39, 0.29) is 12.6 Å². The predicted molar refractivity (Wildman–Crippen MR) is 85.7 cm³/mol. The molecule has 1 aliphatic carbocycles. The fourth-order valence-electron chi connectivity index (χ4n) is 2.88. The van der Waals surface area contributed by atoms with Crippen LogP contribution in [-0.2, 0) is 12.8 Å². The first-order chi connectivity index (χ1) is 10.3. The van der Waals surface area contributed by atoms with Crippen LogP contribution in [0.1, 0.15) is 43.7 Å². The molecule has 1 aromatic carbocycles. The van der Waals surface area contributed by atoms with E-state index >= 15 is 0 Å². The Morgan fingerprint density at radius 2 is 2.10 bits per heavy atom. The fourth-order valence-corrected chi connectivity index (χ4v) is 2.88. The summed E-state index contributed by atoms with van der Waals surface area (Å²) in [6, 6.07) is 6.06. The Kier molecular flexibility index (Phi) is 6.05. The van der Waals surface area contributed by atoms with Crippen LogP contribution in [0.25, 0.3) is 0 Å². The van der Waals surface area contributed by atoms with Gasteiger partial charge in [-0.3, -0.25) is 0 Å². The van der Waals surface area contributed by atoms with Gasteiger partial charge >= 0.3 is 6.03 Å². The van der Waals surface area contributed by atoms with Crippen LogP contribution in [0.4, 0.5) is 10.5 Å². The molecule has 0 fully saturated rings. The number of nitrogens with one attached hydrogen (secondary N) is 1. The van der Waals surface area contributed by atoms with Gasteiger partial charge in [-0.1, -0.05) is 25.5 Å². The first kappa shape index (κ1) is 15.8. The molecule has 0 atom stereocenters. The Morgan fingerprint density at radius 3 is 2.86 bits per heavy atom. The molecule has 4 nitrogen and oxygen atoms in total. The van der Waals surface area contributed by atoms with Crippen molar-refractivity contribution in [1.82, 2.24) is 4.90 Å². The van der Waals surface area contributed by atoms with Crippen molar-refractivity contribution in [2.45, 2.75) is 45.4 Å². The summed E-state index contributed by atoms with van der Waals surface area (Å²) in [7, 11) is 0. The van der Waals surface area contributed by atoms with Gasteiger partial charge in [0.05, 0.1) is 6.61 Å². The van der Waals surface area contributed by atoms with Crippen LogP contribution in [0.5, 0.6) is 0 Å². The van der Waals surface area contributed by atoms with Gasteiger partial charge in [-0.25, -0.2) is 4.79 Å². The summed E-state index contributed by atoms with van der Waals surface area (Å²) >= 11 is 0. The Hall–Kier alpha value is -1.55. The van der Waals surface area contributed by atoms with E-state index in [1.165, 1.54) is 24.0 Å². The van der Waals surface area contributed by atoms with Crippen molar-refractivity contribution in [3.05, 3.63) is 29.3 Å². The minimum Gasteiger partial charge on any atom is -0.395 e. The van der Waals surface area contributed by atoms with Crippen molar-refractivity contribution in [3.8, 4) is 0 Å². The fraction of sp³-hybridized carbons (Fsp3) is 0.588. The third-order valence-electron chi connectivity index (χ3n) is 4.08. The van der Waals surface area contributed by atoms with Crippen molar-refractivity contribution >= 4 is 11.7 Å². The number of urea groups is 1. The molecular formula is C17H26N2O2. The molecule has 21 heavy (non-hydrogen) atoms. The number of fused-ring (bicyclic) bond motifs is 1. The molecule has 2 N–H and O–H groups in total. The van der Waals surface area contributed by atoms with Gasteiger partial charge in [-0.05, 0) is 49.3 Å². The van der Waals surface area contributed by atoms with Crippen molar-refractivity contribution in [3.63, 3.8) is 0 Å².